The number of esters is 1. The van der Waals surface area contributed by atoms with E-state index in [-0.39, 0.29) is 35.5 Å². The predicted octanol–water partition coefficient (Wildman–Crippen LogP) is 3.51. The molecule has 0 N–H and O–H groups in total. The number of rotatable bonds is 5. The van der Waals surface area contributed by atoms with E-state index in [9.17, 15) is 14.4 Å². The van der Waals surface area contributed by atoms with Gasteiger partial charge in [-0.15, -0.1) is 0 Å². The largest absolute Gasteiger partial charge is 0.462 e. The molecule has 1 aromatic carbocycles. The molecule has 1 aliphatic heterocycles. The predicted molar refractivity (Wildman–Crippen MR) is 114 cm³/mol. The van der Waals surface area contributed by atoms with E-state index in [1.165, 1.54) is 6.21 Å². The SMILES string of the molecule is CCOC(=O)c1cccc(-c2ccc(/C=N\N3C(=O)[C@@H]4[C@H]5C=C[C@H]([C@H]6C[C@H]56)[C@@H]4C3=O)o2)c1. The Balaban J connectivity index is 1.21. The third-order valence-electron chi connectivity index (χ3n) is 7.22. The molecule has 6 atom stereocenters. The number of imide groups is 1. The Bertz CT molecular complexity index is 1160. The number of carbonyl (C=O) groups excluding carboxylic acids is 3. The maximum atomic E-state index is 13.0. The maximum absolute atomic E-state index is 13.0. The highest BCUT2D eigenvalue weighted by Crippen LogP contribution is 2.65. The molecule has 1 aromatic heterocycles. The van der Waals surface area contributed by atoms with Gasteiger partial charge in [-0.2, -0.15) is 10.1 Å². The van der Waals surface area contributed by atoms with Crippen molar-refractivity contribution in [2.45, 2.75) is 13.3 Å². The van der Waals surface area contributed by atoms with E-state index in [0.29, 0.717) is 35.5 Å². The van der Waals surface area contributed by atoms with Gasteiger partial charge in [0.05, 0.1) is 30.2 Å². The van der Waals surface area contributed by atoms with E-state index in [4.69, 9.17) is 9.15 Å². The number of hydrazone groups is 1. The molecule has 7 nitrogen and oxygen atoms in total. The molecule has 5 aliphatic rings. The van der Waals surface area contributed by atoms with Crippen molar-refractivity contribution >= 4 is 24.0 Å². The first-order valence-electron chi connectivity index (χ1n) is 11.0. The minimum Gasteiger partial charge on any atom is -0.462 e. The molecule has 32 heavy (non-hydrogen) atoms. The van der Waals surface area contributed by atoms with Gasteiger partial charge >= 0.3 is 5.97 Å². The van der Waals surface area contributed by atoms with Crippen molar-refractivity contribution in [3.63, 3.8) is 0 Å². The number of hydrogen-bond donors (Lipinski definition) is 0. The molecule has 1 saturated heterocycles. The smallest absolute Gasteiger partial charge is 0.338 e. The fraction of sp³-hybridized carbons (Fsp3) is 0.360. The average molecular weight is 430 g/mol. The van der Waals surface area contributed by atoms with Crippen molar-refractivity contribution in [3.8, 4) is 11.3 Å². The topological polar surface area (TPSA) is 89.2 Å². The molecular formula is C25H22N2O5. The van der Waals surface area contributed by atoms with Crippen LogP contribution in [-0.2, 0) is 14.3 Å². The van der Waals surface area contributed by atoms with Crippen LogP contribution in [0, 0.1) is 35.5 Å². The van der Waals surface area contributed by atoms with E-state index in [2.05, 4.69) is 17.3 Å². The first-order valence-corrected chi connectivity index (χ1v) is 11.0. The zero-order chi connectivity index (χ0) is 22.0. The lowest BCUT2D eigenvalue weighted by Crippen LogP contribution is -2.40. The van der Waals surface area contributed by atoms with Crippen molar-refractivity contribution < 1.29 is 23.5 Å². The summed E-state index contributed by atoms with van der Waals surface area (Å²) in [6.45, 7) is 2.06. The van der Waals surface area contributed by atoms with E-state index < -0.39 is 5.97 Å². The van der Waals surface area contributed by atoms with Gasteiger partial charge in [0.2, 0.25) is 0 Å². The van der Waals surface area contributed by atoms with Gasteiger partial charge in [-0.25, -0.2) is 4.79 Å². The molecule has 4 aliphatic carbocycles. The second kappa shape index (κ2) is 7.02. The molecule has 2 aromatic rings. The minimum absolute atomic E-state index is 0.175. The number of allylic oxidation sites excluding steroid dienone is 2. The van der Waals surface area contributed by atoms with Crippen LogP contribution in [0.25, 0.3) is 11.3 Å². The van der Waals surface area contributed by atoms with Gasteiger partial charge in [-0.05, 0) is 61.3 Å². The lowest BCUT2D eigenvalue weighted by atomic mass is 9.63. The normalized spacial score (nSPS) is 31.8. The standard InChI is InChI=1S/C25H22N2O5/c1-2-31-25(30)14-5-3-4-13(10-14)20-9-6-15(32-20)12-26-27-23(28)21-16-7-8-17(19-11-18(16)19)22(21)24(27)29/h3-10,12,16-19,21-22H,2,11H2,1H3/b26-12-/t16-,17+,18-,19-,21+,22-/m1/s1. The van der Waals surface area contributed by atoms with Crippen molar-refractivity contribution in [2.75, 3.05) is 6.61 Å². The van der Waals surface area contributed by atoms with Gasteiger partial charge in [0.25, 0.3) is 11.8 Å². The first kappa shape index (κ1) is 19.2. The van der Waals surface area contributed by atoms with E-state index in [0.717, 1.165) is 17.0 Å². The number of furan rings is 1. The van der Waals surface area contributed by atoms with Crippen molar-refractivity contribution in [3.05, 3.63) is 59.9 Å². The lowest BCUT2D eigenvalue weighted by molar-refractivity contribution is -0.140. The Labute approximate surface area is 184 Å². The summed E-state index contributed by atoms with van der Waals surface area (Å²) in [6.07, 6.45) is 6.82. The van der Waals surface area contributed by atoms with Crippen LogP contribution in [0.3, 0.4) is 0 Å². The number of hydrogen-bond acceptors (Lipinski definition) is 6. The van der Waals surface area contributed by atoms with Gasteiger partial charge in [0.15, 0.2) is 0 Å². The zero-order valence-electron chi connectivity index (χ0n) is 17.5. The van der Waals surface area contributed by atoms with E-state index in [1.54, 1.807) is 37.3 Å². The Kier molecular flexibility index (Phi) is 4.22. The Hall–Kier alpha value is -3.48. The molecule has 2 heterocycles. The molecule has 162 valence electrons. The summed E-state index contributed by atoms with van der Waals surface area (Å²) >= 11 is 0. The Morgan fingerprint density at radius 2 is 1.84 bits per heavy atom. The average Bonchev–Trinajstić information content (AvgIpc) is 3.44. The monoisotopic (exact) mass is 430 g/mol. The molecule has 7 rings (SSSR count). The van der Waals surface area contributed by atoms with Crippen LogP contribution in [0.15, 0.2) is 58.1 Å². The second-order valence-corrected chi connectivity index (χ2v) is 8.89. The molecule has 2 saturated carbocycles. The van der Waals surface area contributed by atoms with Crippen molar-refractivity contribution in [2.24, 2.45) is 40.6 Å². The van der Waals surface area contributed by atoms with Crippen molar-refractivity contribution in [1.29, 1.82) is 0 Å². The molecule has 7 heteroatoms. The van der Waals surface area contributed by atoms with Crippen LogP contribution in [0.2, 0.25) is 0 Å². The molecule has 2 bridgehead atoms. The number of amides is 2. The van der Waals surface area contributed by atoms with E-state index in [1.807, 2.05) is 6.07 Å². The van der Waals surface area contributed by atoms with Crippen molar-refractivity contribution in [1.82, 2.24) is 5.01 Å². The van der Waals surface area contributed by atoms with Gasteiger partial charge in [0, 0.05) is 5.56 Å². The van der Waals surface area contributed by atoms with Crippen LogP contribution in [0.4, 0.5) is 0 Å². The van der Waals surface area contributed by atoms with E-state index >= 15 is 0 Å². The molecule has 2 amide bonds. The highest BCUT2D eigenvalue weighted by atomic mass is 16.5. The Morgan fingerprint density at radius 1 is 1.12 bits per heavy atom. The summed E-state index contributed by atoms with van der Waals surface area (Å²) in [7, 11) is 0. The summed E-state index contributed by atoms with van der Waals surface area (Å²) in [4.78, 5) is 38.0. The highest BCUT2D eigenvalue weighted by molar-refractivity contribution is 6.06. The quantitative estimate of drug-likeness (QED) is 0.313. The third kappa shape index (κ3) is 2.80. The molecule has 3 fully saturated rings. The summed E-state index contributed by atoms with van der Waals surface area (Å²) in [5, 5.41) is 5.25. The molecular weight excluding hydrogens is 408 g/mol. The van der Waals surface area contributed by atoms with Gasteiger partial charge < -0.3 is 9.15 Å². The fourth-order valence-electron chi connectivity index (χ4n) is 5.76. The number of carbonyl (C=O) groups is 3. The molecule has 0 spiro atoms. The van der Waals surface area contributed by atoms with Crippen LogP contribution in [-0.4, -0.2) is 35.6 Å². The highest BCUT2D eigenvalue weighted by Gasteiger charge is 2.67. The number of ether oxygens (including phenoxy) is 1. The second-order valence-electron chi connectivity index (χ2n) is 8.89. The van der Waals surface area contributed by atoms with Crippen LogP contribution in [0.5, 0.6) is 0 Å². The summed E-state index contributed by atoms with van der Waals surface area (Å²) in [5.41, 5.74) is 1.16. The molecule has 0 unspecified atom stereocenters. The fourth-order valence-corrected chi connectivity index (χ4v) is 5.76. The van der Waals surface area contributed by atoms with Crippen LogP contribution in [0.1, 0.15) is 29.5 Å². The molecule has 0 radical (unpaired) electrons. The number of benzene rings is 1. The minimum atomic E-state index is -0.392. The van der Waals surface area contributed by atoms with Crippen LogP contribution < -0.4 is 0 Å². The summed E-state index contributed by atoms with van der Waals surface area (Å²) in [5.74, 6) is 1.11. The maximum Gasteiger partial charge on any atom is 0.338 e. The Morgan fingerprint density at radius 3 is 2.53 bits per heavy atom. The summed E-state index contributed by atoms with van der Waals surface area (Å²) < 4.78 is 10.9. The van der Waals surface area contributed by atoms with Gasteiger partial charge in [0.1, 0.15) is 11.5 Å². The lowest BCUT2D eigenvalue weighted by Gasteiger charge is -2.37. The van der Waals surface area contributed by atoms with Crippen LogP contribution >= 0.6 is 0 Å². The van der Waals surface area contributed by atoms with Gasteiger partial charge in [-0.3, -0.25) is 9.59 Å². The van der Waals surface area contributed by atoms with Gasteiger partial charge in [-0.1, -0.05) is 24.3 Å². The number of nitrogens with zero attached hydrogens (tertiary/aromatic N) is 2. The first-order chi connectivity index (χ1) is 15.6. The zero-order valence-corrected chi connectivity index (χ0v) is 17.5. The third-order valence-corrected chi connectivity index (χ3v) is 7.22. The summed E-state index contributed by atoms with van der Waals surface area (Å²) in [6, 6.07) is 10.4.